The van der Waals surface area contributed by atoms with E-state index >= 15 is 0 Å². The van der Waals surface area contributed by atoms with Gasteiger partial charge in [0.15, 0.2) is 0 Å². The number of amides is 1. The lowest BCUT2D eigenvalue weighted by molar-refractivity contribution is 0.102. The Kier molecular flexibility index (Phi) is 4.87. The minimum atomic E-state index is -0.307. The summed E-state index contributed by atoms with van der Waals surface area (Å²) in [5.41, 5.74) is 3.53. The Morgan fingerprint density at radius 2 is 1.79 bits per heavy atom. The third kappa shape index (κ3) is 3.77. The SMILES string of the molecule is Cc1ccc(NC(=O)c2cnc(Nc3cccc4cccnc34)nc2)cc1Cl. The number of nitrogens with one attached hydrogen (secondary N) is 2. The minimum absolute atomic E-state index is 0.307. The largest absolute Gasteiger partial charge is 0.322 e. The molecule has 0 spiro atoms. The predicted octanol–water partition coefficient (Wildman–Crippen LogP) is 4.98. The highest BCUT2D eigenvalue weighted by Gasteiger charge is 2.10. The molecule has 0 radical (unpaired) electrons. The van der Waals surface area contributed by atoms with Crippen LogP contribution in [0.5, 0.6) is 0 Å². The van der Waals surface area contributed by atoms with Crippen LogP contribution in [0.25, 0.3) is 10.9 Å². The van der Waals surface area contributed by atoms with Gasteiger partial charge in [0, 0.05) is 34.7 Å². The summed E-state index contributed by atoms with van der Waals surface area (Å²) in [6.45, 7) is 1.90. The van der Waals surface area contributed by atoms with Gasteiger partial charge >= 0.3 is 0 Å². The highest BCUT2D eigenvalue weighted by Crippen LogP contribution is 2.23. The van der Waals surface area contributed by atoms with Crippen molar-refractivity contribution in [3.63, 3.8) is 0 Å². The van der Waals surface area contributed by atoms with E-state index in [1.807, 2.05) is 43.3 Å². The number of hydrogen-bond acceptors (Lipinski definition) is 5. The van der Waals surface area contributed by atoms with Gasteiger partial charge in [-0.1, -0.05) is 35.9 Å². The third-order valence-electron chi connectivity index (χ3n) is 4.22. The molecule has 0 bridgehead atoms. The molecule has 28 heavy (non-hydrogen) atoms. The van der Waals surface area contributed by atoms with Gasteiger partial charge in [-0.05, 0) is 36.8 Å². The van der Waals surface area contributed by atoms with Crippen LogP contribution in [0, 0.1) is 6.92 Å². The Labute approximate surface area is 166 Å². The van der Waals surface area contributed by atoms with Gasteiger partial charge in [0.1, 0.15) is 0 Å². The summed E-state index contributed by atoms with van der Waals surface area (Å²) < 4.78 is 0. The van der Waals surface area contributed by atoms with E-state index < -0.39 is 0 Å². The monoisotopic (exact) mass is 389 g/mol. The van der Waals surface area contributed by atoms with Gasteiger partial charge < -0.3 is 10.6 Å². The number of pyridine rings is 1. The molecule has 0 aliphatic carbocycles. The number of carbonyl (C=O) groups excluding carboxylic acids is 1. The number of anilines is 3. The number of rotatable bonds is 4. The molecule has 2 N–H and O–H groups in total. The number of halogens is 1. The second-order valence-electron chi connectivity index (χ2n) is 6.22. The molecule has 0 saturated heterocycles. The van der Waals surface area contributed by atoms with Crippen molar-refractivity contribution in [2.45, 2.75) is 6.92 Å². The lowest BCUT2D eigenvalue weighted by atomic mass is 10.2. The van der Waals surface area contributed by atoms with E-state index in [0.717, 1.165) is 22.2 Å². The number of hydrogen-bond donors (Lipinski definition) is 2. The van der Waals surface area contributed by atoms with E-state index in [4.69, 9.17) is 11.6 Å². The zero-order chi connectivity index (χ0) is 19.5. The number of nitrogens with zero attached hydrogens (tertiary/aromatic N) is 3. The molecular weight excluding hydrogens is 374 g/mol. The molecule has 0 fully saturated rings. The van der Waals surface area contributed by atoms with Crippen LogP contribution in [0.15, 0.2) is 67.1 Å². The van der Waals surface area contributed by atoms with Crippen molar-refractivity contribution in [3.8, 4) is 0 Å². The van der Waals surface area contributed by atoms with E-state index in [2.05, 4.69) is 25.6 Å². The molecule has 2 heterocycles. The van der Waals surface area contributed by atoms with Crippen LogP contribution in [0.1, 0.15) is 15.9 Å². The summed E-state index contributed by atoms with van der Waals surface area (Å²) in [6, 6.07) is 15.0. The van der Waals surface area contributed by atoms with Crippen molar-refractivity contribution in [2.75, 3.05) is 10.6 Å². The summed E-state index contributed by atoms with van der Waals surface area (Å²) in [7, 11) is 0. The van der Waals surface area contributed by atoms with Crippen molar-refractivity contribution in [1.82, 2.24) is 15.0 Å². The molecule has 4 aromatic rings. The first-order chi connectivity index (χ1) is 13.6. The Hall–Kier alpha value is -3.51. The fraction of sp³-hybridized carbons (Fsp3) is 0.0476. The summed E-state index contributed by atoms with van der Waals surface area (Å²) in [5.74, 6) is 0.0754. The molecule has 1 amide bonds. The smallest absolute Gasteiger partial charge is 0.258 e. The molecule has 138 valence electrons. The second kappa shape index (κ2) is 7.62. The van der Waals surface area contributed by atoms with Crippen molar-refractivity contribution >= 4 is 45.7 Å². The number of aryl methyl sites for hydroxylation is 1. The van der Waals surface area contributed by atoms with Crippen LogP contribution >= 0.6 is 11.6 Å². The van der Waals surface area contributed by atoms with Gasteiger partial charge in [-0.25, -0.2) is 9.97 Å². The molecule has 0 unspecified atom stereocenters. The lowest BCUT2D eigenvalue weighted by Gasteiger charge is -2.09. The van der Waals surface area contributed by atoms with E-state index in [9.17, 15) is 4.79 Å². The van der Waals surface area contributed by atoms with E-state index in [1.165, 1.54) is 12.4 Å². The highest BCUT2D eigenvalue weighted by atomic mass is 35.5. The van der Waals surface area contributed by atoms with Crippen molar-refractivity contribution < 1.29 is 4.79 Å². The van der Waals surface area contributed by atoms with Crippen LogP contribution in [-0.2, 0) is 0 Å². The van der Waals surface area contributed by atoms with E-state index in [-0.39, 0.29) is 5.91 Å². The quantitative estimate of drug-likeness (QED) is 0.514. The molecule has 2 aromatic carbocycles. The Morgan fingerprint density at radius 1 is 1.00 bits per heavy atom. The molecule has 4 rings (SSSR count). The van der Waals surface area contributed by atoms with Gasteiger partial charge in [0.05, 0.1) is 16.8 Å². The van der Waals surface area contributed by atoms with Crippen LogP contribution in [-0.4, -0.2) is 20.9 Å². The van der Waals surface area contributed by atoms with E-state index in [1.54, 1.807) is 18.3 Å². The summed E-state index contributed by atoms with van der Waals surface area (Å²) in [6.07, 6.45) is 4.68. The minimum Gasteiger partial charge on any atom is -0.322 e. The first-order valence-electron chi connectivity index (χ1n) is 8.60. The first kappa shape index (κ1) is 17.9. The Balaban J connectivity index is 1.50. The third-order valence-corrected chi connectivity index (χ3v) is 4.63. The molecular formula is C21H16ClN5O. The summed E-state index contributed by atoms with van der Waals surface area (Å²) in [5, 5.41) is 7.54. The lowest BCUT2D eigenvalue weighted by Crippen LogP contribution is -2.13. The molecule has 0 aliphatic heterocycles. The van der Waals surface area contributed by atoms with Crippen LogP contribution in [0.3, 0.4) is 0 Å². The number of aromatic nitrogens is 3. The number of para-hydroxylation sites is 1. The summed E-state index contributed by atoms with van der Waals surface area (Å²) >= 11 is 6.09. The van der Waals surface area contributed by atoms with Gasteiger partial charge in [-0.3, -0.25) is 9.78 Å². The zero-order valence-electron chi connectivity index (χ0n) is 15.0. The molecule has 7 heteroatoms. The molecule has 0 aliphatic rings. The molecule has 6 nitrogen and oxygen atoms in total. The number of carbonyl (C=O) groups is 1. The fourth-order valence-corrected chi connectivity index (χ4v) is 2.89. The van der Waals surface area contributed by atoms with Crippen LogP contribution in [0.4, 0.5) is 17.3 Å². The normalized spacial score (nSPS) is 10.6. The molecule has 0 saturated carbocycles. The fourth-order valence-electron chi connectivity index (χ4n) is 2.71. The summed E-state index contributed by atoms with van der Waals surface area (Å²) in [4.78, 5) is 25.3. The van der Waals surface area contributed by atoms with Crippen molar-refractivity contribution in [2.24, 2.45) is 0 Å². The second-order valence-corrected chi connectivity index (χ2v) is 6.63. The average Bonchev–Trinajstić information content (AvgIpc) is 2.71. The molecule has 2 aromatic heterocycles. The number of fused-ring (bicyclic) bond motifs is 1. The van der Waals surface area contributed by atoms with Crippen LogP contribution in [0.2, 0.25) is 5.02 Å². The van der Waals surface area contributed by atoms with Gasteiger partial charge in [0.2, 0.25) is 5.95 Å². The topological polar surface area (TPSA) is 79.8 Å². The van der Waals surface area contributed by atoms with Crippen molar-refractivity contribution in [1.29, 1.82) is 0 Å². The molecule has 0 atom stereocenters. The Morgan fingerprint density at radius 3 is 2.57 bits per heavy atom. The van der Waals surface area contributed by atoms with E-state index in [0.29, 0.717) is 22.2 Å². The van der Waals surface area contributed by atoms with Gasteiger partial charge in [-0.2, -0.15) is 0 Å². The Bertz CT molecular complexity index is 1160. The standard InChI is InChI=1S/C21H16ClN5O/c1-13-7-8-16(10-17(13)22)26-20(28)15-11-24-21(25-12-15)27-18-6-2-4-14-5-3-9-23-19(14)18/h2-12H,1H3,(H,26,28)(H,24,25,27). The van der Waals surface area contributed by atoms with Gasteiger partial charge in [0.25, 0.3) is 5.91 Å². The highest BCUT2D eigenvalue weighted by molar-refractivity contribution is 6.31. The first-order valence-corrected chi connectivity index (χ1v) is 8.98. The van der Waals surface area contributed by atoms with Crippen molar-refractivity contribution in [3.05, 3.63) is 83.3 Å². The number of benzene rings is 2. The van der Waals surface area contributed by atoms with Crippen LogP contribution < -0.4 is 10.6 Å². The zero-order valence-corrected chi connectivity index (χ0v) is 15.7. The van der Waals surface area contributed by atoms with Gasteiger partial charge in [-0.15, -0.1) is 0 Å². The maximum atomic E-state index is 12.4. The maximum absolute atomic E-state index is 12.4. The predicted molar refractivity (Wildman–Crippen MR) is 111 cm³/mol. The average molecular weight is 390 g/mol. The maximum Gasteiger partial charge on any atom is 0.258 e.